The molecule has 0 aliphatic rings. The van der Waals surface area contributed by atoms with E-state index in [1.807, 2.05) is 19.1 Å². The first kappa shape index (κ1) is 17.4. The summed E-state index contributed by atoms with van der Waals surface area (Å²) in [5.41, 5.74) is 0.448. The van der Waals surface area contributed by atoms with Gasteiger partial charge in [0.1, 0.15) is 23.3 Å². The van der Waals surface area contributed by atoms with Gasteiger partial charge in [-0.05, 0) is 54.7 Å². The molecule has 2 aromatic carbocycles. The number of benzene rings is 2. The molecule has 24 heavy (non-hydrogen) atoms. The van der Waals surface area contributed by atoms with E-state index in [1.165, 1.54) is 12.1 Å². The number of allylic oxidation sites excluding steroid dienone is 2. The molecule has 0 saturated heterocycles. The molecular formula is C19H15F2NO2. The molecule has 0 spiro atoms. The van der Waals surface area contributed by atoms with Crippen molar-refractivity contribution in [1.29, 1.82) is 5.26 Å². The molecule has 0 fully saturated rings. The predicted molar refractivity (Wildman–Crippen MR) is 86.6 cm³/mol. The lowest BCUT2D eigenvalue weighted by atomic mass is 9.94. The minimum absolute atomic E-state index is 0.0479. The zero-order valence-electron chi connectivity index (χ0n) is 13.0. The normalized spacial score (nSPS) is 10.8. The van der Waals surface area contributed by atoms with Crippen molar-refractivity contribution < 1.29 is 18.7 Å². The van der Waals surface area contributed by atoms with Crippen molar-refractivity contribution in [3.8, 4) is 17.2 Å². The molecule has 0 aliphatic heterocycles. The molecular weight excluding hydrogens is 312 g/mol. The van der Waals surface area contributed by atoms with Crippen LogP contribution in [0.15, 0.2) is 42.5 Å². The highest BCUT2D eigenvalue weighted by Gasteiger charge is 2.17. The first-order valence-corrected chi connectivity index (χ1v) is 7.34. The van der Waals surface area contributed by atoms with Gasteiger partial charge in [-0.3, -0.25) is 0 Å². The van der Waals surface area contributed by atoms with Crippen molar-refractivity contribution in [2.24, 2.45) is 0 Å². The van der Waals surface area contributed by atoms with E-state index in [2.05, 4.69) is 0 Å². The SMILES string of the molecule is C/C=C/CCc1ccc(C(=O)O)c(-c2cc(F)c(C#N)c(F)c2)c1. The van der Waals surface area contributed by atoms with Gasteiger partial charge in [0.15, 0.2) is 0 Å². The number of rotatable bonds is 5. The second-order valence-corrected chi connectivity index (χ2v) is 5.22. The topological polar surface area (TPSA) is 61.1 Å². The van der Waals surface area contributed by atoms with Crippen LogP contribution >= 0.6 is 0 Å². The lowest BCUT2D eigenvalue weighted by molar-refractivity contribution is 0.0697. The van der Waals surface area contributed by atoms with Crippen molar-refractivity contribution in [2.75, 3.05) is 0 Å². The van der Waals surface area contributed by atoms with Gasteiger partial charge in [-0.15, -0.1) is 0 Å². The highest BCUT2D eigenvalue weighted by Crippen LogP contribution is 2.29. The fraction of sp³-hybridized carbons (Fsp3) is 0.158. The van der Waals surface area contributed by atoms with Crippen LogP contribution in [0.4, 0.5) is 8.78 Å². The van der Waals surface area contributed by atoms with Gasteiger partial charge in [0, 0.05) is 0 Å². The molecule has 122 valence electrons. The second-order valence-electron chi connectivity index (χ2n) is 5.22. The lowest BCUT2D eigenvalue weighted by Gasteiger charge is -2.10. The van der Waals surface area contributed by atoms with E-state index in [0.29, 0.717) is 6.42 Å². The van der Waals surface area contributed by atoms with Gasteiger partial charge < -0.3 is 5.11 Å². The maximum Gasteiger partial charge on any atom is 0.336 e. The van der Waals surface area contributed by atoms with Crippen LogP contribution in [0.25, 0.3) is 11.1 Å². The fourth-order valence-electron chi connectivity index (χ4n) is 2.42. The number of carboxylic acids is 1. The summed E-state index contributed by atoms with van der Waals surface area (Å²) in [5.74, 6) is -3.21. The smallest absolute Gasteiger partial charge is 0.336 e. The zero-order valence-corrected chi connectivity index (χ0v) is 13.0. The maximum absolute atomic E-state index is 13.9. The molecule has 3 nitrogen and oxygen atoms in total. The Kier molecular flexibility index (Phi) is 5.43. The fourth-order valence-corrected chi connectivity index (χ4v) is 2.42. The molecule has 0 unspecified atom stereocenters. The summed E-state index contributed by atoms with van der Waals surface area (Å²) in [7, 11) is 0. The molecule has 0 radical (unpaired) electrons. The number of halogens is 2. The molecule has 0 aromatic heterocycles. The summed E-state index contributed by atoms with van der Waals surface area (Å²) in [4.78, 5) is 11.4. The number of carbonyl (C=O) groups is 1. The molecule has 2 aromatic rings. The molecule has 1 N–H and O–H groups in total. The standard InChI is InChI=1S/C19H15F2NO2/c1-2-3-4-5-12-6-7-14(19(23)24)15(8-12)13-9-17(20)16(11-22)18(21)10-13/h2-3,6-10H,4-5H2,1H3,(H,23,24)/b3-2+. The predicted octanol–water partition coefficient (Wildman–Crippen LogP) is 4.71. The van der Waals surface area contributed by atoms with Crippen molar-refractivity contribution in [1.82, 2.24) is 0 Å². The van der Waals surface area contributed by atoms with Crippen LogP contribution in [0.2, 0.25) is 0 Å². The van der Waals surface area contributed by atoms with E-state index in [1.54, 1.807) is 12.1 Å². The molecule has 0 amide bonds. The Balaban J connectivity index is 2.56. The molecule has 0 bridgehead atoms. The molecule has 0 saturated carbocycles. The number of nitrogens with zero attached hydrogens (tertiary/aromatic N) is 1. The van der Waals surface area contributed by atoms with E-state index in [9.17, 15) is 18.7 Å². The van der Waals surface area contributed by atoms with Crippen LogP contribution < -0.4 is 0 Å². The summed E-state index contributed by atoms with van der Waals surface area (Å²) in [6, 6.07) is 8.15. The van der Waals surface area contributed by atoms with Crippen LogP contribution in [-0.4, -0.2) is 11.1 Å². The number of hydrogen-bond donors (Lipinski definition) is 1. The van der Waals surface area contributed by atoms with E-state index in [0.717, 1.165) is 24.1 Å². The quantitative estimate of drug-likeness (QED) is 0.809. The van der Waals surface area contributed by atoms with Crippen LogP contribution in [0.3, 0.4) is 0 Å². The Morgan fingerprint density at radius 3 is 2.46 bits per heavy atom. The van der Waals surface area contributed by atoms with E-state index in [-0.39, 0.29) is 16.7 Å². The first-order chi connectivity index (χ1) is 11.5. The van der Waals surface area contributed by atoms with Gasteiger partial charge in [-0.25, -0.2) is 13.6 Å². The minimum atomic E-state index is -1.19. The van der Waals surface area contributed by atoms with Crippen LogP contribution in [0, 0.1) is 23.0 Å². The second kappa shape index (κ2) is 7.51. The maximum atomic E-state index is 13.9. The number of hydrogen-bond acceptors (Lipinski definition) is 2. The average molecular weight is 327 g/mol. The molecule has 0 heterocycles. The van der Waals surface area contributed by atoms with Crippen LogP contribution in [0.5, 0.6) is 0 Å². The summed E-state index contributed by atoms with van der Waals surface area (Å²) < 4.78 is 27.7. The largest absolute Gasteiger partial charge is 0.478 e. The first-order valence-electron chi connectivity index (χ1n) is 7.34. The Bertz CT molecular complexity index is 828. The van der Waals surface area contributed by atoms with Gasteiger partial charge in [0.05, 0.1) is 5.56 Å². The Morgan fingerprint density at radius 2 is 1.92 bits per heavy atom. The van der Waals surface area contributed by atoms with Crippen molar-refractivity contribution in [2.45, 2.75) is 19.8 Å². The molecule has 0 aliphatic carbocycles. The third-order valence-electron chi connectivity index (χ3n) is 3.61. The van der Waals surface area contributed by atoms with Gasteiger partial charge in [-0.2, -0.15) is 5.26 Å². The Labute approximate surface area is 138 Å². The van der Waals surface area contributed by atoms with Gasteiger partial charge in [-0.1, -0.05) is 24.3 Å². The van der Waals surface area contributed by atoms with Crippen molar-refractivity contribution >= 4 is 5.97 Å². The third kappa shape index (κ3) is 3.66. The van der Waals surface area contributed by atoms with Crippen molar-refractivity contribution in [3.63, 3.8) is 0 Å². The van der Waals surface area contributed by atoms with E-state index in [4.69, 9.17) is 5.26 Å². The highest BCUT2D eigenvalue weighted by atomic mass is 19.1. The zero-order chi connectivity index (χ0) is 17.7. The summed E-state index contributed by atoms with van der Waals surface area (Å²) in [5, 5.41) is 18.1. The number of carboxylic acid groups (broad SMARTS) is 1. The number of aromatic carboxylic acids is 1. The summed E-state index contributed by atoms with van der Waals surface area (Å²) in [6.45, 7) is 1.90. The molecule has 0 atom stereocenters. The number of aryl methyl sites for hydroxylation is 1. The molecule has 2 rings (SSSR count). The van der Waals surface area contributed by atoms with E-state index < -0.39 is 23.2 Å². The van der Waals surface area contributed by atoms with Gasteiger partial charge in [0.25, 0.3) is 0 Å². The highest BCUT2D eigenvalue weighted by molar-refractivity contribution is 5.96. The molecule has 5 heteroatoms. The number of nitriles is 1. The summed E-state index contributed by atoms with van der Waals surface area (Å²) in [6.07, 6.45) is 5.35. The van der Waals surface area contributed by atoms with Gasteiger partial charge >= 0.3 is 5.97 Å². The monoisotopic (exact) mass is 327 g/mol. The minimum Gasteiger partial charge on any atom is -0.478 e. The Morgan fingerprint density at radius 1 is 1.25 bits per heavy atom. The summed E-state index contributed by atoms with van der Waals surface area (Å²) >= 11 is 0. The van der Waals surface area contributed by atoms with Gasteiger partial charge in [0.2, 0.25) is 0 Å². The van der Waals surface area contributed by atoms with E-state index >= 15 is 0 Å². The third-order valence-corrected chi connectivity index (χ3v) is 3.61. The average Bonchev–Trinajstić information content (AvgIpc) is 2.54. The lowest BCUT2D eigenvalue weighted by Crippen LogP contribution is -2.02. The van der Waals surface area contributed by atoms with Crippen molar-refractivity contribution in [3.05, 3.63) is 70.8 Å². The Hall–Kier alpha value is -3.00. The van der Waals surface area contributed by atoms with Crippen LogP contribution in [-0.2, 0) is 6.42 Å². The van der Waals surface area contributed by atoms with Crippen LogP contribution in [0.1, 0.15) is 34.8 Å².